The minimum atomic E-state index is -0.406. The number of halogens is 1. The second kappa shape index (κ2) is 6.37. The number of piperazine rings is 1. The fraction of sp³-hybridized carbons (Fsp3) is 0.333. The number of anilines is 2. The highest BCUT2D eigenvalue weighted by Gasteiger charge is 2.21. The molecule has 3 rings (SSSR count). The van der Waals surface area contributed by atoms with E-state index in [2.05, 4.69) is 19.8 Å². The summed E-state index contributed by atoms with van der Waals surface area (Å²) in [6, 6.07) is 5.51. The molecule has 1 saturated heterocycles. The Morgan fingerprint density at radius 3 is 2.22 bits per heavy atom. The number of nitro groups is 1. The minimum Gasteiger partial charge on any atom is -0.353 e. The molecule has 2 aromatic rings. The van der Waals surface area contributed by atoms with Crippen molar-refractivity contribution in [3.63, 3.8) is 0 Å². The van der Waals surface area contributed by atoms with E-state index in [0.717, 1.165) is 37.8 Å². The van der Waals surface area contributed by atoms with Crippen molar-refractivity contribution >= 4 is 28.9 Å². The molecule has 2 aromatic heterocycles. The van der Waals surface area contributed by atoms with Crippen LogP contribution in [0.1, 0.15) is 5.56 Å². The Labute approximate surface area is 138 Å². The van der Waals surface area contributed by atoms with E-state index >= 15 is 0 Å². The molecule has 0 spiro atoms. The van der Waals surface area contributed by atoms with Gasteiger partial charge in [0.25, 0.3) is 5.69 Å². The number of nitrogens with zero attached hydrogens (tertiary/aromatic N) is 5. The van der Waals surface area contributed by atoms with Crippen LogP contribution >= 0.6 is 11.6 Å². The quantitative estimate of drug-likeness (QED) is 0.635. The van der Waals surface area contributed by atoms with E-state index in [1.54, 1.807) is 19.2 Å². The first kappa shape index (κ1) is 15.5. The normalized spacial score (nSPS) is 14.9. The van der Waals surface area contributed by atoms with Crippen molar-refractivity contribution < 1.29 is 4.92 Å². The predicted octanol–water partition coefficient (Wildman–Crippen LogP) is 2.67. The van der Waals surface area contributed by atoms with Gasteiger partial charge in [0.1, 0.15) is 17.8 Å². The van der Waals surface area contributed by atoms with Gasteiger partial charge in [0, 0.05) is 37.9 Å². The number of aryl methyl sites for hydroxylation is 1. The number of hydrogen-bond donors (Lipinski definition) is 0. The smallest absolute Gasteiger partial charge is 0.290 e. The summed E-state index contributed by atoms with van der Waals surface area (Å²) in [6.45, 7) is 4.93. The first-order chi connectivity index (χ1) is 11.0. The molecular weight excluding hydrogens is 318 g/mol. The summed E-state index contributed by atoms with van der Waals surface area (Å²) in [5.74, 6) is 1.68. The predicted molar refractivity (Wildman–Crippen MR) is 89.3 cm³/mol. The molecule has 1 fully saturated rings. The maximum Gasteiger partial charge on any atom is 0.290 e. The van der Waals surface area contributed by atoms with Gasteiger partial charge in [-0.1, -0.05) is 11.6 Å². The topological polar surface area (TPSA) is 75.4 Å². The van der Waals surface area contributed by atoms with E-state index in [4.69, 9.17) is 11.6 Å². The van der Waals surface area contributed by atoms with Gasteiger partial charge in [-0.15, -0.1) is 0 Å². The standard InChI is InChI=1S/C15H16ClN5O2/c1-11-8-15(18-10-13(11)21(22)23)20-6-4-19(5-7-20)14-3-2-12(16)9-17-14/h2-3,8-10H,4-7H2,1H3. The maximum atomic E-state index is 10.9. The van der Waals surface area contributed by atoms with Gasteiger partial charge in [-0.3, -0.25) is 10.1 Å². The molecule has 8 heteroatoms. The maximum absolute atomic E-state index is 10.9. The van der Waals surface area contributed by atoms with Crippen molar-refractivity contribution in [2.24, 2.45) is 0 Å². The lowest BCUT2D eigenvalue weighted by molar-refractivity contribution is -0.385. The fourth-order valence-corrected chi connectivity index (χ4v) is 2.73. The number of pyridine rings is 2. The lowest BCUT2D eigenvalue weighted by atomic mass is 10.2. The first-order valence-electron chi connectivity index (χ1n) is 7.27. The van der Waals surface area contributed by atoms with Gasteiger partial charge in [-0.25, -0.2) is 9.97 Å². The molecule has 0 unspecified atom stereocenters. The van der Waals surface area contributed by atoms with Gasteiger partial charge in [0.05, 0.1) is 9.95 Å². The molecule has 0 atom stereocenters. The number of aromatic nitrogens is 2. The van der Waals surface area contributed by atoms with Gasteiger partial charge in [-0.2, -0.15) is 0 Å². The fourth-order valence-electron chi connectivity index (χ4n) is 2.62. The highest BCUT2D eigenvalue weighted by atomic mass is 35.5. The molecule has 23 heavy (non-hydrogen) atoms. The third-order valence-electron chi connectivity index (χ3n) is 3.90. The monoisotopic (exact) mass is 333 g/mol. The van der Waals surface area contributed by atoms with Crippen LogP contribution in [0.2, 0.25) is 5.02 Å². The number of rotatable bonds is 3. The molecule has 0 aromatic carbocycles. The second-order valence-corrected chi connectivity index (χ2v) is 5.83. The van der Waals surface area contributed by atoms with Crippen LogP contribution in [0.25, 0.3) is 0 Å². The van der Waals surface area contributed by atoms with Crippen LogP contribution in [0.5, 0.6) is 0 Å². The Hall–Kier alpha value is -2.41. The van der Waals surface area contributed by atoms with E-state index in [1.807, 2.05) is 12.1 Å². The molecule has 0 aliphatic carbocycles. The number of hydrogen-bond acceptors (Lipinski definition) is 6. The highest BCUT2D eigenvalue weighted by Crippen LogP contribution is 2.23. The van der Waals surface area contributed by atoms with Crippen LogP contribution in [-0.2, 0) is 0 Å². The Kier molecular flexibility index (Phi) is 4.29. The van der Waals surface area contributed by atoms with E-state index in [9.17, 15) is 10.1 Å². The van der Waals surface area contributed by atoms with Crippen molar-refractivity contribution in [1.29, 1.82) is 0 Å². The minimum absolute atomic E-state index is 0.0535. The van der Waals surface area contributed by atoms with E-state index < -0.39 is 4.92 Å². The van der Waals surface area contributed by atoms with Gasteiger partial charge in [0.2, 0.25) is 0 Å². The zero-order valence-corrected chi connectivity index (χ0v) is 13.4. The van der Waals surface area contributed by atoms with Crippen LogP contribution in [0.3, 0.4) is 0 Å². The van der Waals surface area contributed by atoms with Crippen molar-refractivity contribution in [1.82, 2.24) is 9.97 Å². The van der Waals surface area contributed by atoms with E-state index in [-0.39, 0.29) is 5.69 Å². The van der Waals surface area contributed by atoms with Crippen LogP contribution in [0.4, 0.5) is 17.3 Å². The van der Waals surface area contributed by atoms with Gasteiger partial charge in [0.15, 0.2) is 0 Å². The van der Waals surface area contributed by atoms with Crippen molar-refractivity contribution in [3.8, 4) is 0 Å². The zero-order valence-electron chi connectivity index (χ0n) is 12.6. The summed E-state index contributed by atoms with van der Waals surface area (Å²) in [6.07, 6.45) is 2.97. The molecular formula is C15H16ClN5O2. The summed E-state index contributed by atoms with van der Waals surface area (Å²) in [7, 11) is 0. The van der Waals surface area contributed by atoms with Crippen LogP contribution in [0.15, 0.2) is 30.6 Å². The lowest BCUT2D eigenvalue weighted by Crippen LogP contribution is -2.47. The SMILES string of the molecule is Cc1cc(N2CCN(c3ccc(Cl)cn3)CC2)ncc1[N+](=O)[O-]. The second-order valence-electron chi connectivity index (χ2n) is 5.39. The van der Waals surface area contributed by atoms with Crippen LogP contribution in [0, 0.1) is 17.0 Å². The summed E-state index contributed by atoms with van der Waals surface area (Å²) < 4.78 is 0. The molecule has 0 saturated carbocycles. The summed E-state index contributed by atoms with van der Waals surface area (Å²) in [4.78, 5) is 23.3. The first-order valence-corrected chi connectivity index (χ1v) is 7.65. The molecule has 3 heterocycles. The summed E-state index contributed by atoms with van der Waals surface area (Å²) >= 11 is 5.86. The summed E-state index contributed by atoms with van der Waals surface area (Å²) in [5.41, 5.74) is 0.680. The highest BCUT2D eigenvalue weighted by molar-refractivity contribution is 6.30. The molecule has 120 valence electrons. The van der Waals surface area contributed by atoms with Crippen LogP contribution < -0.4 is 9.80 Å². The largest absolute Gasteiger partial charge is 0.353 e. The van der Waals surface area contributed by atoms with E-state index in [1.165, 1.54) is 6.20 Å². The van der Waals surface area contributed by atoms with Crippen molar-refractivity contribution in [2.45, 2.75) is 6.92 Å². The van der Waals surface area contributed by atoms with Gasteiger partial charge < -0.3 is 9.80 Å². The summed E-state index contributed by atoms with van der Waals surface area (Å²) in [5, 5.41) is 11.5. The Balaban J connectivity index is 1.68. The Morgan fingerprint density at radius 2 is 1.70 bits per heavy atom. The average Bonchev–Trinajstić information content (AvgIpc) is 2.55. The van der Waals surface area contributed by atoms with E-state index in [0.29, 0.717) is 10.6 Å². The Bertz CT molecular complexity index is 714. The molecule has 0 N–H and O–H groups in total. The van der Waals surface area contributed by atoms with Gasteiger partial charge >= 0.3 is 0 Å². The van der Waals surface area contributed by atoms with Crippen LogP contribution in [-0.4, -0.2) is 41.1 Å². The zero-order chi connectivity index (χ0) is 16.4. The van der Waals surface area contributed by atoms with Crippen molar-refractivity contribution in [3.05, 3.63) is 51.3 Å². The third-order valence-corrected chi connectivity index (χ3v) is 4.13. The van der Waals surface area contributed by atoms with Gasteiger partial charge in [-0.05, 0) is 25.1 Å². The molecule has 0 radical (unpaired) electrons. The molecule has 1 aliphatic rings. The molecule has 0 bridgehead atoms. The molecule has 0 amide bonds. The lowest BCUT2D eigenvalue weighted by Gasteiger charge is -2.36. The third kappa shape index (κ3) is 3.34. The Morgan fingerprint density at radius 1 is 1.09 bits per heavy atom. The van der Waals surface area contributed by atoms with Crippen molar-refractivity contribution in [2.75, 3.05) is 36.0 Å². The average molecular weight is 334 g/mol. The molecule has 7 nitrogen and oxygen atoms in total. The molecule has 1 aliphatic heterocycles.